The molecule has 0 atom stereocenters. The fraction of sp³-hybridized carbons (Fsp3) is 0.167. The molecule has 0 aromatic carbocycles. The standard InChI is InChI=1S/C6H5ClN2O2S/c1-12-4-2-3(6(10)11)5(7)9-8-4/h2H,1H3,(H,10,11). The fourth-order valence-electron chi connectivity index (χ4n) is 0.609. The van der Waals surface area contributed by atoms with Crippen molar-refractivity contribution >= 4 is 29.3 Å². The van der Waals surface area contributed by atoms with E-state index in [4.69, 9.17) is 16.7 Å². The van der Waals surface area contributed by atoms with E-state index in [1.54, 1.807) is 6.26 Å². The second-order valence-corrected chi connectivity index (χ2v) is 3.08. The molecule has 0 unspecified atom stereocenters. The molecule has 0 spiro atoms. The number of carboxylic acid groups (broad SMARTS) is 1. The van der Waals surface area contributed by atoms with Crippen molar-refractivity contribution in [2.24, 2.45) is 0 Å². The molecule has 0 saturated heterocycles. The Morgan fingerprint density at radius 3 is 2.83 bits per heavy atom. The lowest BCUT2D eigenvalue weighted by molar-refractivity contribution is 0.0696. The van der Waals surface area contributed by atoms with E-state index in [1.807, 2.05) is 0 Å². The first kappa shape index (κ1) is 9.28. The highest BCUT2D eigenvalue weighted by molar-refractivity contribution is 7.98. The van der Waals surface area contributed by atoms with Crippen molar-refractivity contribution < 1.29 is 9.90 Å². The first-order valence-electron chi connectivity index (χ1n) is 2.95. The van der Waals surface area contributed by atoms with Gasteiger partial charge in [-0.05, 0) is 12.3 Å². The van der Waals surface area contributed by atoms with Crippen LogP contribution in [0.3, 0.4) is 0 Å². The lowest BCUT2D eigenvalue weighted by Gasteiger charge is -1.97. The molecule has 0 radical (unpaired) electrons. The minimum Gasteiger partial charge on any atom is -0.478 e. The Labute approximate surface area is 78.0 Å². The quantitative estimate of drug-likeness (QED) is 0.741. The predicted octanol–water partition coefficient (Wildman–Crippen LogP) is 1.55. The van der Waals surface area contributed by atoms with E-state index in [0.29, 0.717) is 5.03 Å². The van der Waals surface area contributed by atoms with Crippen LogP contribution in [-0.2, 0) is 0 Å². The molecule has 0 amide bonds. The topological polar surface area (TPSA) is 63.1 Å². The maximum Gasteiger partial charge on any atom is 0.339 e. The summed E-state index contributed by atoms with van der Waals surface area (Å²) in [5.41, 5.74) is -0.0176. The third kappa shape index (κ3) is 1.86. The van der Waals surface area contributed by atoms with Crippen LogP contribution >= 0.6 is 23.4 Å². The molecule has 1 rings (SSSR count). The minimum atomic E-state index is -1.09. The van der Waals surface area contributed by atoms with Gasteiger partial charge < -0.3 is 5.11 Å². The van der Waals surface area contributed by atoms with Crippen molar-refractivity contribution in [1.82, 2.24) is 10.2 Å². The number of thioether (sulfide) groups is 1. The largest absolute Gasteiger partial charge is 0.478 e. The molecular weight excluding hydrogens is 200 g/mol. The Morgan fingerprint density at radius 2 is 2.33 bits per heavy atom. The number of rotatable bonds is 2. The molecule has 0 saturated carbocycles. The average Bonchev–Trinajstić information content (AvgIpc) is 2.05. The number of nitrogens with zero attached hydrogens (tertiary/aromatic N) is 2. The van der Waals surface area contributed by atoms with E-state index in [2.05, 4.69) is 10.2 Å². The third-order valence-corrected chi connectivity index (χ3v) is 2.06. The van der Waals surface area contributed by atoms with E-state index in [1.165, 1.54) is 17.8 Å². The van der Waals surface area contributed by atoms with Crippen molar-refractivity contribution in [3.8, 4) is 0 Å². The maximum atomic E-state index is 10.5. The molecule has 1 aromatic rings. The summed E-state index contributed by atoms with van der Waals surface area (Å²) in [4.78, 5) is 10.5. The zero-order chi connectivity index (χ0) is 9.14. The van der Waals surface area contributed by atoms with Crippen LogP contribution < -0.4 is 0 Å². The van der Waals surface area contributed by atoms with Gasteiger partial charge in [0.1, 0.15) is 10.6 Å². The lowest BCUT2D eigenvalue weighted by atomic mass is 10.3. The number of aromatic carboxylic acids is 1. The molecule has 6 heteroatoms. The van der Waals surface area contributed by atoms with Gasteiger partial charge in [-0.3, -0.25) is 0 Å². The van der Waals surface area contributed by atoms with E-state index in [0.717, 1.165) is 0 Å². The zero-order valence-electron chi connectivity index (χ0n) is 6.11. The van der Waals surface area contributed by atoms with Crippen LogP contribution in [0.2, 0.25) is 5.15 Å². The highest BCUT2D eigenvalue weighted by Crippen LogP contribution is 2.17. The predicted molar refractivity (Wildman–Crippen MR) is 45.8 cm³/mol. The summed E-state index contributed by atoms with van der Waals surface area (Å²) in [5, 5.41) is 16.2. The van der Waals surface area contributed by atoms with Gasteiger partial charge in [0, 0.05) is 0 Å². The van der Waals surface area contributed by atoms with Gasteiger partial charge in [0.05, 0.1) is 0 Å². The van der Waals surface area contributed by atoms with Crippen molar-refractivity contribution in [3.05, 3.63) is 16.8 Å². The second-order valence-electron chi connectivity index (χ2n) is 1.90. The van der Waals surface area contributed by atoms with Gasteiger partial charge in [-0.2, -0.15) is 0 Å². The fourth-order valence-corrected chi connectivity index (χ4v) is 1.14. The van der Waals surface area contributed by atoms with E-state index in [9.17, 15) is 4.79 Å². The molecule has 0 aliphatic rings. The summed E-state index contributed by atoms with van der Waals surface area (Å²) >= 11 is 6.80. The van der Waals surface area contributed by atoms with Crippen molar-refractivity contribution in [1.29, 1.82) is 0 Å². The van der Waals surface area contributed by atoms with Gasteiger partial charge in [0.15, 0.2) is 5.15 Å². The molecule has 64 valence electrons. The molecule has 0 fully saturated rings. The molecule has 0 aliphatic carbocycles. The van der Waals surface area contributed by atoms with Crippen LogP contribution in [0.5, 0.6) is 0 Å². The molecular formula is C6H5ClN2O2S. The number of halogens is 1. The monoisotopic (exact) mass is 204 g/mol. The minimum absolute atomic E-state index is 0.0176. The summed E-state index contributed by atoms with van der Waals surface area (Å²) < 4.78 is 0. The van der Waals surface area contributed by atoms with Gasteiger partial charge in [-0.1, -0.05) is 11.6 Å². The Kier molecular flexibility index (Phi) is 2.88. The Morgan fingerprint density at radius 1 is 1.67 bits per heavy atom. The van der Waals surface area contributed by atoms with Gasteiger partial charge >= 0.3 is 5.97 Å². The van der Waals surface area contributed by atoms with Crippen molar-refractivity contribution in [3.63, 3.8) is 0 Å². The number of aromatic nitrogens is 2. The van der Waals surface area contributed by atoms with E-state index >= 15 is 0 Å². The highest BCUT2D eigenvalue weighted by atomic mass is 35.5. The molecule has 1 N–H and O–H groups in total. The molecule has 0 bridgehead atoms. The summed E-state index contributed by atoms with van der Waals surface area (Å²) in [6, 6.07) is 1.39. The summed E-state index contributed by atoms with van der Waals surface area (Å²) in [6.45, 7) is 0. The molecule has 12 heavy (non-hydrogen) atoms. The Balaban J connectivity index is 3.17. The number of carboxylic acids is 1. The second kappa shape index (κ2) is 3.73. The van der Waals surface area contributed by atoms with Crippen LogP contribution in [0, 0.1) is 0 Å². The molecule has 0 aliphatic heterocycles. The smallest absolute Gasteiger partial charge is 0.339 e. The van der Waals surface area contributed by atoms with E-state index < -0.39 is 5.97 Å². The van der Waals surface area contributed by atoms with Gasteiger partial charge in [-0.15, -0.1) is 22.0 Å². The number of hydrogen-bond donors (Lipinski definition) is 1. The molecule has 1 aromatic heterocycles. The van der Waals surface area contributed by atoms with Gasteiger partial charge in [-0.25, -0.2) is 4.79 Å². The Bertz CT molecular complexity index is 318. The van der Waals surface area contributed by atoms with Gasteiger partial charge in [0.2, 0.25) is 0 Å². The first-order valence-corrected chi connectivity index (χ1v) is 4.56. The van der Waals surface area contributed by atoms with Crippen molar-refractivity contribution in [2.75, 3.05) is 6.26 Å². The Hall–Kier alpha value is -0.810. The summed E-state index contributed by atoms with van der Waals surface area (Å²) in [7, 11) is 0. The van der Waals surface area contributed by atoms with E-state index in [-0.39, 0.29) is 10.7 Å². The van der Waals surface area contributed by atoms with Crippen LogP contribution in [0.25, 0.3) is 0 Å². The maximum absolute atomic E-state index is 10.5. The summed E-state index contributed by atoms with van der Waals surface area (Å²) in [6.07, 6.45) is 1.78. The zero-order valence-corrected chi connectivity index (χ0v) is 7.69. The van der Waals surface area contributed by atoms with Crippen molar-refractivity contribution in [2.45, 2.75) is 5.03 Å². The normalized spacial score (nSPS) is 9.83. The number of hydrogen-bond acceptors (Lipinski definition) is 4. The SMILES string of the molecule is CSc1cc(C(=O)O)c(Cl)nn1. The average molecular weight is 205 g/mol. The molecule has 4 nitrogen and oxygen atoms in total. The van der Waals surface area contributed by atoms with Crippen LogP contribution in [0.1, 0.15) is 10.4 Å². The third-order valence-electron chi connectivity index (χ3n) is 1.17. The number of carbonyl (C=O) groups is 1. The lowest BCUT2D eigenvalue weighted by Crippen LogP contribution is -2.01. The first-order chi connectivity index (χ1) is 5.65. The summed E-state index contributed by atoms with van der Waals surface area (Å²) in [5.74, 6) is -1.09. The van der Waals surface area contributed by atoms with Crippen LogP contribution in [0.4, 0.5) is 0 Å². The highest BCUT2D eigenvalue weighted by Gasteiger charge is 2.11. The van der Waals surface area contributed by atoms with Crippen LogP contribution in [0.15, 0.2) is 11.1 Å². The molecule has 1 heterocycles. The van der Waals surface area contributed by atoms with Gasteiger partial charge in [0.25, 0.3) is 0 Å². The van der Waals surface area contributed by atoms with Crippen LogP contribution in [-0.4, -0.2) is 27.5 Å².